The maximum atomic E-state index is 12.3. The first kappa shape index (κ1) is 14.8. The van der Waals surface area contributed by atoms with Gasteiger partial charge in [-0.2, -0.15) is 5.10 Å². The number of rotatable bonds is 3. The highest BCUT2D eigenvalue weighted by Gasteiger charge is 2.11. The molecule has 5 nitrogen and oxygen atoms in total. The van der Waals surface area contributed by atoms with Crippen LogP contribution in [0.2, 0.25) is 0 Å². The van der Waals surface area contributed by atoms with Crippen molar-refractivity contribution >= 4 is 11.6 Å². The van der Waals surface area contributed by atoms with Gasteiger partial charge in [0.05, 0.1) is 5.69 Å². The van der Waals surface area contributed by atoms with Crippen molar-refractivity contribution in [2.45, 2.75) is 6.92 Å². The molecule has 116 valence electrons. The van der Waals surface area contributed by atoms with Crippen LogP contribution in [0.25, 0.3) is 11.3 Å². The predicted molar refractivity (Wildman–Crippen MR) is 89.4 cm³/mol. The molecule has 0 spiro atoms. The maximum absolute atomic E-state index is 12.3. The summed E-state index contributed by atoms with van der Waals surface area (Å²) < 4.78 is 1.67. The largest absolute Gasteiger partial charge is 0.507 e. The van der Waals surface area contributed by atoms with E-state index in [1.54, 1.807) is 48.3 Å². The number of nitrogens with one attached hydrogen (secondary N) is 1. The Hall–Kier alpha value is -3.08. The number of phenols is 1. The number of aromatic nitrogens is 2. The van der Waals surface area contributed by atoms with Crippen LogP contribution in [0.4, 0.5) is 5.69 Å². The normalized spacial score (nSPS) is 10.5. The number of amides is 1. The van der Waals surface area contributed by atoms with Gasteiger partial charge in [-0.1, -0.05) is 17.7 Å². The molecule has 2 N–H and O–H groups in total. The number of nitrogens with zero attached hydrogens (tertiary/aromatic N) is 2. The van der Waals surface area contributed by atoms with Crippen molar-refractivity contribution in [2.24, 2.45) is 7.05 Å². The van der Waals surface area contributed by atoms with E-state index >= 15 is 0 Å². The van der Waals surface area contributed by atoms with Gasteiger partial charge in [-0.3, -0.25) is 9.48 Å². The third-order valence-electron chi connectivity index (χ3n) is 3.63. The second-order valence-corrected chi connectivity index (χ2v) is 5.40. The highest BCUT2D eigenvalue weighted by molar-refractivity contribution is 6.04. The fourth-order valence-corrected chi connectivity index (χ4v) is 2.45. The van der Waals surface area contributed by atoms with Crippen LogP contribution in [-0.4, -0.2) is 20.8 Å². The van der Waals surface area contributed by atoms with Gasteiger partial charge < -0.3 is 10.4 Å². The molecular formula is C18H17N3O2. The van der Waals surface area contributed by atoms with Crippen molar-refractivity contribution in [1.29, 1.82) is 0 Å². The Kier molecular flexibility index (Phi) is 3.85. The van der Waals surface area contributed by atoms with Crippen LogP contribution in [-0.2, 0) is 7.05 Å². The lowest BCUT2D eigenvalue weighted by atomic mass is 10.1. The van der Waals surface area contributed by atoms with Crippen LogP contribution in [0, 0.1) is 6.92 Å². The van der Waals surface area contributed by atoms with Crippen molar-refractivity contribution in [2.75, 3.05) is 5.32 Å². The lowest BCUT2D eigenvalue weighted by Gasteiger charge is -2.10. The zero-order valence-electron chi connectivity index (χ0n) is 12.9. The minimum Gasteiger partial charge on any atom is -0.507 e. The summed E-state index contributed by atoms with van der Waals surface area (Å²) in [6.07, 6.45) is 1.66. The second-order valence-electron chi connectivity index (χ2n) is 5.40. The van der Waals surface area contributed by atoms with Crippen molar-refractivity contribution in [3.05, 3.63) is 65.9 Å². The van der Waals surface area contributed by atoms with E-state index in [1.165, 1.54) is 0 Å². The zero-order chi connectivity index (χ0) is 16.4. The van der Waals surface area contributed by atoms with Crippen LogP contribution in [0.5, 0.6) is 5.75 Å². The van der Waals surface area contributed by atoms with E-state index < -0.39 is 0 Å². The molecule has 0 aliphatic heterocycles. The van der Waals surface area contributed by atoms with Gasteiger partial charge in [0, 0.05) is 30.1 Å². The lowest BCUT2D eigenvalue weighted by molar-refractivity contribution is 0.102. The Balaban J connectivity index is 1.90. The molecule has 0 aliphatic carbocycles. The van der Waals surface area contributed by atoms with Crippen LogP contribution in [0.15, 0.2) is 54.7 Å². The molecule has 3 rings (SSSR count). The van der Waals surface area contributed by atoms with Crippen molar-refractivity contribution in [3.8, 4) is 17.0 Å². The monoisotopic (exact) mass is 307 g/mol. The topological polar surface area (TPSA) is 67.2 Å². The zero-order valence-corrected chi connectivity index (χ0v) is 12.9. The number of carbonyl (C=O) groups is 1. The molecule has 0 bridgehead atoms. The van der Waals surface area contributed by atoms with E-state index in [9.17, 15) is 9.90 Å². The van der Waals surface area contributed by atoms with E-state index in [0.29, 0.717) is 16.8 Å². The minimum atomic E-state index is -0.185. The van der Waals surface area contributed by atoms with Gasteiger partial charge in [0.1, 0.15) is 5.75 Å². The number of hydrogen-bond acceptors (Lipinski definition) is 3. The summed E-state index contributed by atoms with van der Waals surface area (Å²) in [6, 6.07) is 14.2. The van der Waals surface area contributed by atoms with Crippen molar-refractivity contribution in [3.63, 3.8) is 0 Å². The molecule has 1 aromatic heterocycles. The van der Waals surface area contributed by atoms with Crippen LogP contribution in [0.1, 0.15) is 15.9 Å². The molecule has 0 radical (unpaired) electrons. The van der Waals surface area contributed by atoms with Crippen LogP contribution in [0.3, 0.4) is 0 Å². The van der Waals surface area contributed by atoms with E-state index in [1.807, 2.05) is 25.1 Å². The number of phenolic OH excluding ortho intramolecular Hbond substituents is 1. The average Bonchev–Trinajstić information content (AvgIpc) is 2.95. The molecule has 0 aliphatic rings. The summed E-state index contributed by atoms with van der Waals surface area (Å²) in [6.45, 7) is 1.94. The third kappa shape index (κ3) is 3.08. The summed E-state index contributed by atoms with van der Waals surface area (Å²) in [5, 5.41) is 17.0. The number of anilines is 1. The Morgan fingerprint density at radius 2 is 2.00 bits per heavy atom. The highest BCUT2D eigenvalue weighted by atomic mass is 16.3. The number of hydrogen-bond donors (Lipinski definition) is 2. The van der Waals surface area contributed by atoms with E-state index in [0.717, 1.165) is 11.3 Å². The Morgan fingerprint density at radius 1 is 1.17 bits per heavy atom. The predicted octanol–water partition coefficient (Wildman–Crippen LogP) is 3.35. The maximum Gasteiger partial charge on any atom is 0.255 e. The first-order chi connectivity index (χ1) is 11.0. The molecule has 0 saturated heterocycles. The molecule has 0 saturated carbocycles. The molecule has 1 amide bonds. The van der Waals surface area contributed by atoms with E-state index in [4.69, 9.17) is 0 Å². The molecule has 0 unspecified atom stereocenters. The van der Waals surface area contributed by atoms with Gasteiger partial charge in [-0.05, 0) is 43.3 Å². The first-order valence-corrected chi connectivity index (χ1v) is 7.24. The van der Waals surface area contributed by atoms with Gasteiger partial charge in [0.25, 0.3) is 5.91 Å². The third-order valence-corrected chi connectivity index (χ3v) is 3.63. The minimum absolute atomic E-state index is 0.141. The Morgan fingerprint density at radius 3 is 2.70 bits per heavy atom. The van der Waals surface area contributed by atoms with Gasteiger partial charge in [-0.15, -0.1) is 0 Å². The summed E-state index contributed by atoms with van der Waals surface area (Å²) in [4.78, 5) is 12.3. The number of carbonyl (C=O) groups excluding carboxylic acids is 1. The van der Waals surface area contributed by atoms with Crippen LogP contribution >= 0.6 is 0 Å². The molecular weight excluding hydrogens is 290 g/mol. The van der Waals surface area contributed by atoms with Gasteiger partial charge in [-0.25, -0.2) is 0 Å². The summed E-state index contributed by atoms with van der Waals surface area (Å²) in [5.74, 6) is -0.0440. The lowest BCUT2D eigenvalue weighted by Crippen LogP contribution is -2.12. The standard InChI is InChI=1S/C18H17N3O2/c1-12-4-3-5-13(10-12)18(23)20-14-6-7-17(22)15(11-14)16-8-9-19-21(16)2/h3-11,22H,1-2H3,(H,20,23). The molecule has 3 aromatic rings. The molecule has 2 aromatic carbocycles. The molecule has 0 fully saturated rings. The number of aryl methyl sites for hydroxylation is 2. The number of aromatic hydroxyl groups is 1. The average molecular weight is 307 g/mol. The highest BCUT2D eigenvalue weighted by Crippen LogP contribution is 2.31. The van der Waals surface area contributed by atoms with Gasteiger partial charge >= 0.3 is 0 Å². The molecule has 0 atom stereocenters. The molecule has 23 heavy (non-hydrogen) atoms. The van der Waals surface area contributed by atoms with Crippen molar-refractivity contribution in [1.82, 2.24) is 9.78 Å². The summed E-state index contributed by atoms with van der Waals surface area (Å²) in [7, 11) is 1.80. The van der Waals surface area contributed by atoms with Gasteiger partial charge in [0.2, 0.25) is 0 Å². The quantitative estimate of drug-likeness (QED) is 0.729. The second kappa shape index (κ2) is 5.96. The summed E-state index contributed by atoms with van der Waals surface area (Å²) >= 11 is 0. The smallest absolute Gasteiger partial charge is 0.255 e. The van der Waals surface area contributed by atoms with Crippen molar-refractivity contribution < 1.29 is 9.90 Å². The van der Waals surface area contributed by atoms with E-state index in [2.05, 4.69) is 10.4 Å². The van der Waals surface area contributed by atoms with E-state index in [-0.39, 0.29) is 11.7 Å². The summed E-state index contributed by atoms with van der Waals surface area (Å²) in [5.41, 5.74) is 3.63. The fourth-order valence-electron chi connectivity index (χ4n) is 2.45. The Labute approximate surface area is 134 Å². The van der Waals surface area contributed by atoms with Crippen LogP contribution < -0.4 is 5.32 Å². The Bertz CT molecular complexity index is 868. The fraction of sp³-hybridized carbons (Fsp3) is 0.111. The number of benzene rings is 2. The molecule has 1 heterocycles. The molecule has 5 heteroatoms. The van der Waals surface area contributed by atoms with Gasteiger partial charge in [0.15, 0.2) is 0 Å². The SMILES string of the molecule is Cc1cccc(C(=O)Nc2ccc(O)c(-c3ccnn3C)c2)c1. The first-order valence-electron chi connectivity index (χ1n) is 7.24.